The standard InChI is InChI=1S/C20H20O6/c1-23-15-10-14(11-16(12-15)24-2)8-9-20(22)26-13-18(21)17-6-4-5-7-19(17)25-3/h4-12H,13H2,1-3H3/b9-8+. The van der Waals surface area contributed by atoms with E-state index in [0.717, 1.165) is 0 Å². The van der Waals surface area contributed by atoms with Crippen molar-refractivity contribution in [1.82, 2.24) is 0 Å². The number of hydrogen-bond donors (Lipinski definition) is 0. The van der Waals surface area contributed by atoms with E-state index in [4.69, 9.17) is 18.9 Å². The fourth-order valence-electron chi connectivity index (χ4n) is 2.23. The molecule has 0 unspecified atom stereocenters. The molecule has 2 aromatic carbocycles. The summed E-state index contributed by atoms with van der Waals surface area (Å²) in [5, 5.41) is 0. The number of carbonyl (C=O) groups excluding carboxylic acids is 2. The molecule has 0 aliphatic carbocycles. The third-order valence-corrected chi connectivity index (χ3v) is 3.54. The predicted octanol–water partition coefficient (Wildman–Crippen LogP) is 3.15. The largest absolute Gasteiger partial charge is 0.497 e. The van der Waals surface area contributed by atoms with Gasteiger partial charge in [0.25, 0.3) is 0 Å². The number of para-hydroxylation sites is 1. The van der Waals surface area contributed by atoms with Crippen LogP contribution in [0.25, 0.3) is 6.08 Å². The van der Waals surface area contributed by atoms with Gasteiger partial charge in [0.1, 0.15) is 17.2 Å². The van der Waals surface area contributed by atoms with Crippen molar-refractivity contribution < 1.29 is 28.5 Å². The summed E-state index contributed by atoms with van der Waals surface area (Å²) < 4.78 is 20.5. The fraction of sp³-hybridized carbons (Fsp3) is 0.200. The first-order valence-corrected chi connectivity index (χ1v) is 7.81. The smallest absolute Gasteiger partial charge is 0.331 e. The molecule has 0 fully saturated rings. The van der Waals surface area contributed by atoms with Gasteiger partial charge in [0.05, 0.1) is 26.9 Å². The highest BCUT2D eigenvalue weighted by atomic mass is 16.5. The van der Waals surface area contributed by atoms with Gasteiger partial charge in [-0.3, -0.25) is 4.79 Å². The Hall–Kier alpha value is -3.28. The number of hydrogen-bond acceptors (Lipinski definition) is 6. The molecule has 6 nitrogen and oxygen atoms in total. The van der Waals surface area contributed by atoms with Gasteiger partial charge in [-0.05, 0) is 35.9 Å². The highest BCUT2D eigenvalue weighted by Crippen LogP contribution is 2.23. The van der Waals surface area contributed by atoms with Crippen LogP contribution in [-0.2, 0) is 9.53 Å². The van der Waals surface area contributed by atoms with Gasteiger partial charge in [0.15, 0.2) is 6.61 Å². The zero-order valence-corrected chi connectivity index (χ0v) is 14.9. The molecule has 0 spiro atoms. The third-order valence-electron chi connectivity index (χ3n) is 3.54. The first-order chi connectivity index (χ1) is 12.6. The molecule has 0 atom stereocenters. The molecule has 0 N–H and O–H groups in total. The van der Waals surface area contributed by atoms with Crippen molar-refractivity contribution in [2.75, 3.05) is 27.9 Å². The molecule has 2 rings (SSSR count). The van der Waals surface area contributed by atoms with Crippen LogP contribution in [0.15, 0.2) is 48.5 Å². The van der Waals surface area contributed by atoms with Crippen LogP contribution in [0.4, 0.5) is 0 Å². The lowest BCUT2D eigenvalue weighted by Crippen LogP contribution is -2.13. The molecule has 0 aliphatic heterocycles. The van der Waals surface area contributed by atoms with Gasteiger partial charge < -0.3 is 18.9 Å². The van der Waals surface area contributed by atoms with Crippen molar-refractivity contribution in [2.45, 2.75) is 0 Å². The average molecular weight is 356 g/mol. The van der Waals surface area contributed by atoms with Gasteiger partial charge in [-0.25, -0.2) is 4.79 Å². The van der Waals surface area contributed by atoms with Crippen LogP contribution >= 0.6 is 0 Å². The van der Waals surface area contributed by atoms with E-state index in [9.17, 15) is 9.59 Å². The zero-order chi connectivity index (χ0) is 18.9. The Kier molecular flexibility index (Phi) is 6.79. The van der Waals surface area contributed by atoms with Crippen molar-refractivity contribution >= 4 is 17.8 Å². The molecule has 26 heavy (non-hydrogen) atoms. The van der Waals surface area contributed by atoms with Gasteiger partial charge in [-0.1, -0.05) is 12.1 Å². The van der Waals surface area contributed by atoms with E-state index in [-0.39, 0.29) is 12.4 Å². The fourth-order valence-corrected chi connectivity index (χ4v) is 2.23. The second-order valence-electron chi connectivity index (χ2n) is 5.21. The molecule has 0 aromatic heterocycles. The van der Waals surface area contributed by atoms with E-state index in [2.05, 4.69) is 0 Å². The van der Waals surface area contributed by atoms with Crippen LogP contribution in [0.5, 0.6) is 17.2 Å². The number of carbonyl (C=O) groups is 2. The summed E-state index contributed by atoms with van der Waals surface area (Å²) in [5.41, 5.74) is 1.07. The number of Topliss-reactive ketones (excluding diaryl/α,β-unsaturated/α-hetero) is 1. The van der Waals surface area contributed by atoms with Crippen molar-refractivity contribution in [1.29, 1.82) is 0 Å². The number of ether oxygens (including phenoxy) is 4. The van der Waals surface area contributed by atoms with E-state index in [0.29, 0.717) is 28.4 Å². The Bertz CT molecular complexity index is 787. The van der Waals surface area contributed by atoms with E-state index in [1.807, 2.05) is 0 Å². The Labute approximate surface area is 151 Å². The molecular weight excluding hydrogens is 336 g/mol. The summed E-state index contributed by atoms with van der Waals surface area (Å²) in [6, 6.07) is 12.0. The zero-order valence-electron chi connectivity index (χ0n) is 14.9. The molecular formula is C20H20O6. The van der Waals surface area contributed by atoms with Gasteiger partial charge in [0, 0.05) is 12.1 Å². The molecule has 0 radical (unpaired) electrons. The Morgan fingerprint density at radius 3 is 2.19 bits per heavy atom. The lowest BCUT2D eigenvalue weighted by Gasteiger charge is -2.07. The number of methoxy groups -OCH3 is 3. The highest BCUT2D eigenvalue weighted by Gasteiger charge is 2.13. The minimum absolute atomic E-state index is 0.341. The minimum atomic E-state index is -0.630. The lowest BCUT2D eigenvalue weighted by atomic mass is 10.1. The maximum atomic E-state index is 12.2. The molecule has 0 bridgehead atoms. The Balaban J connectivity index is 1.98. The third kappa shape index (κ3) is 5.11. The van der Waals surface area contributed by atoms with E-state index >= 15 is 0 Å². The van der Waals surface area contributed by atoms with E-state index in [1.165, 1.54) is 13.2 Å². The number of esters is 1. The minimum Gasteiger partial charge on any atom is -0.497 e. The summed E-state index contributed by atoms with van der Waals surface area (Å²) in [6.07, 6.45) is 2.80. The number of benzene rings is 2. The summed E-state index contributed by atoms with van der Waals surface area (Å²) in [5.74, 6) is 0.669. The predicted molar refractivity (Wildman–Crippen MR) is 96.9 cm³/mol. The lowest BCUT2D eigenvalue weighted by molar-refractivity contribution is -0.136. The van der Waals surface area contributed by atoms with Crippen LogP contribution in [-0.4, -0.2) is 39.7 Å². The molecule has 0 heterocycles. The Morgan fingerprint density at radius 1 is 0.923 bits per heavy atom. The first kappa shape index (κ1) is 19.1. The monoisotopic (exact) mass is 356 g/mol. The normalized spacial score (nSPS) is 10.4. The molecule has 136 valence electrons. The van der Waals surface area contributed by atoms with Crippen LogP contribution in [0.2, 0.25) is 0 Å². The van der Waals surface area contributed by atoms with Crippen LogP contribution in [0, 0.1) is 0 Å². The molecule has 6 heteroatoms. The summed E-state index contributed by atoms with van der Waals surface area (Å²) in [7, 11) is 4.56. The van der Waals surface area contributed by atoms with Gasteiger partial charge in [0.2, 0.25) is 5.78 Å². The summed E-state index contributed by atoms with van der Waals surface area (Å²) >= 11 is 0. The average Bonchev–Trinajstić information content (AvgIpc) is 2.69. The van der Waals surface area contributed by atoms with Gasteiger partial charge in [-0.15, -0.1) is 0 Å². The van der Waals surface area contributed by atoms with Gasteiger partial charge >= 0.3 is 5.97 Å². The van der Waals surface area contributed by atoms with Crippen LogP contribution in [0.3, 0.4) is 0 Å². The second kappa shape index (κ2) is 9.27. The highest BCUT2D eigenvalue weighted by molar-refractivity contribution is 6.01. The van der Waals surface area contributed by atoms with Crippen LogP contribution < -0.4 is 14.2 Å². The van der Waals surface area contributed by atoms with Crippen molar-refractivity contribution in [3.05, 3.63) is 59.7 Å². The molecule has 0 aliphatic rings. The molecule has 0 saturated heterocycles. The van der Waals surface area contributed by atoms with Crippen molar-refractivity contribution in [2.24, 2.45) is 0 Å². The number of ketones is 1. The molecule has 0 amide bonds. The SMILES string of the molecule is COc1cc(/C=C/C(=O)OCC(=O)c2ccccc2OC)cc(OC)c1. The number of rotatable bonds is 8. The first-order valence-electron chi connectivity index (χ1n) is 7.81. The van der Waals surface area contributed by atoms with Crippen molar-refractivity contribution in [3.63, 3.8) is 0 Å². The second-order valence-corrected chi connectivity index (χ2v) is 5.21. The Morgan fingerprint density at radius 2 is 1.58 bits per heavy atom. The topological polar surface area (TPSA) is 71.1 Å². The maximum Gasteiger partial charge on any atom is 0.331 e. The van der Waals surface area contributed by atoms with Crippen molar-refractivity contribution in [3.8, 4) is 17.2 Å². The van der Waals surface area contributed by atoms with Crippen LogP contribution in [0.1, 0.15) is 15.9 Å². The maximum absolute atomic E-state index is 12.2. The van der Waals surface area contributed by atoms with E-state index < -0.39 is 5.97 Å². The summed E-state index contributed by atoms with van der Waals surface area (Å²) in [6.45, 7) is -0.370. The van der Waals surface area contributed by atoms with E-state index in [1.54, 1.807) is 62.8 Å². The summed E-state index contributed by atoms with van der Waals surface area (Å²) in [4.78, 5) is 24.0. The quantitative estimate of drug-likeness (QED) is 0.411. The van der Waals surface area contributed by atoms with Gasteiger partial charge in [-0.2, -0.15) is 0 Å². The molecule has 0 saturated carbocycles. The molecule has 2 aromatic rings.